The zero-order chi connectivity index (χ0) is 21.2. The third-order valence-corrected chi connectivity index (χ3v) is 7.49. The number of rotatable bonds is 6. The maximum atomic E-state index is 13.4. The van der Waals surface area contributed by atoms with Crippen LogP contribution in [0.2, 0.25) is 15.1 Å². The molecule has 0 amide bonds. The standard InChI is InChI=1S/C22H17Cl3O3S/c1-14-2-9-18(10-3-14)29(27,28)22(15-4-6-16(23)7-5-15)13-21(26)19-11-8-17(24)12-20(19)25/h2-12,22H,13H2,1H3/t22-/m0/s1. The van der Waals surface area contributed by atoms with Gasteiger partial charge in [0.05, 0.1) is 15.2 Å². The normalized spacial score (nSPS) is 12.6. The molecule has 0 bridgehead atoms. The van der Waals surface area contributed by atoms with Crippen LogP contribution < -0.4 is 0 Å². The van der Waals surface area contributed by atoms with E-state index < -0.39 is 15.1 Å². The molecule has 0 saturated carbocycles. The number of benzene rings is 3. The van der Waals surface area contributed by atoms with E-state index in [9.17, 15) is 13.2 Å². The lowest BCUT2D eigenvalue weighted by molar-refractivity contribution is 0.0981. The van der Waals surface area contributed by atoms with Gasteiger partial charge >= 0.3 is 0 Å². The molecular formula is C22H17Cl3O3S. The molecule has 1 atom stereocenters. The SMILES string of the molecule is Cc1ccc(S(=O)(=O)[C@@H](CC(=O)c2ccc(Cl)cc2Cl)c2ccc(Cl)cc2)cc1. The van der Waals surface area contributed by atoms with E-state index in [4.69, 9.17) is 34.8 Å². The van der Waals surface area contributed by atoms with Crippen molar-refractivity contribution >= 4 is 50.4 Å². The summed E-state index contributed by atoms with van der Waals surface area (Å²) in [6, 6.07) is 17.5. The number of ketones is 1. The Morgan fingerprint density at radius 1 is 0.862 bits per heavy atom. The molecule has 3 aromatic rings. The minimum atomic E-state index is -3.84. The first-order valence-corrected chi connectivity index (χ1v) is 11.4. The number of halogens is 3. The minimum Gasteiger partial charge on any atom is -0.294 e. The molecule has 0 unspecified atom stereocenters. The highest BCUT2D eigenvalue weighted by Gasteiger charge is 2.32. The predicted molar refractivity (Wildman–Crippen MR) is 118 cm³/mol. The number of Topliss-reactive ketones (excluding diaryl/α,β-unsaturated/α-hetero) is 1. The molecule has 150 valence electrons. The van der Waals surface area contributed by atoms with Crippen molar-refractivity contribution in [3.05, 3.63) is 98.5 Å². The zero-order valence-electron chi connectivity index (χ0n) is 15.4. The lowest BCUT2D eigenvalue weighted by Crippen LogP contribution is -2.18. The monoisotopic (exact) mass is 466 g/mol. The molecule has 0 radical (unpaired) electrons. The van der Waals surface area contributed by atoms with E-state index in [1.54, 1.807) is 54.6 Å². The van der Waals surface area contributed by atoms with Crippen molar-refractivity contribution in [1.29, 1.82) is 0 Å². The van der Waals surface area contributed by atoms with E-state index in [0.29, 0.717) is 15.6 Å². The fraction of sp³-hybridized carbons (Fsp3) is 0.136. The van der Waals surface area contributed by atoms with Gasteiger partial charge in [-0.25, -0.2) is 8.42 Å². The molecule has 3 rings (SSSR count). The lowest BCUT2D eigenvalue weighted by Gasteiger charge is -2.18. The largest absolute Gasteiger partial charge is 0.294 e. The smallest absolute Gasteiger partial charge is 0.185 e. The van der Waals surface area contributed by atoms with Crippen molar-refractivity contribution < 1.29 is 13.2 Å². The maximum absolute atomic E-state index is 13.4. The molecule has 3 nitrogen and oxygen atoms in total. The molecule has 0 spiro atoms. The van der Waals surface area contributed by atoms with Crippen LogP contribution in [0, 0.1) is 6.92 Å². The van der Waals surface area contributed by atoms with Crippen molar-refractivity contribution in [2.75, 3.05) is 0 Å². The second-order valence-electron chi connectivity index (χ2n) is 6.65. The van der Waals surface area contributed by atoms with Crippen LogP contribution in [0.15, 0.2) is 71.6 Å². The minimum absolute atomic E-state index is 0.151. The fourth-order valence-electron chi connectivity index (χ4n) is 2.97. The Morgan fingerprint density at radius 3 is 2.03 bits per heavy atom. The number of hydrogen-bond donors (Lipinski definition) is 0. The van der Waals surface area contributed by atoms with E-state index in [-0.39, 0.29) is 27.7 Å². The molecule has 0 aliphatic rings. The van der Waals surface area contributed by atoms with Gasteiger partial charge < -0.3 is 0 Å². The van der Waals surface area contributed by atoms with Crippen LogP contribution in [-0.2, 0) is 9.84 Å². The molecule has 7 heteroatoms. The van der Waals surface area contributed by atoms with E-state index in [2.05, 4.69) is 0 Å². The number of sulfone groups is 1. The van der Waals surface area contributed by atoms with Crippen LogP contribution in [0.1, 0.15) is 33.2 Å². The molecule has 0 aromatic heterocycles. The Labute approximate surface area is 185 Å². The van der Waals surface area contributed by atoms with Crippen molar-refractivity contribution in [3.8, 4) is 0 Å². The van der Waals surface area contributed by atoms with E-state index in [1.165, 1.54) is 12.1 Å². The van der Waals surface area contributed by atoms with E-state index in [0.717, 1.165) is 5.56 Å². The molecule has 3 aromatic carbocycles. The summed E-state index contributed by atoms with van der Waals surface area (Å²) in [6.07, 6.45) is -0.265. The number of hydrogen-bond acceptors (Lipinski definition) is 3. The number of carbonyl (C=O) groups is 1. The summed E-state index contributed by atoms with van der Waals surface area (Å²) in [5.74, 6) is -0.387. The third kappa shape index (κ3) is 5.01. The van der Waals surface area contributed by atoms with Gasteiger partial charge in [-0.05, 0) is 55.0 Å². The summed E-state index contributed by atoms with van der Waals surface area (Å²) in [5.41, 5.74) is 1.65. The first kappa shape index (κ1) is 21.8. The lowest BCUT2D eigenvalue weighted by atomic mass is 10.0. The zero-order valence-corrected chi connectivity index (χ0v) is 18.5. The van der Waals surface area contributed by atoms with Crippen LogP contribution in [0.25, 0.3) is 0 Å². The third-order valence-electron chi connectivity index (χ3n) is 4.57. The van der Waals surface area contributed by atoms with Gasteiger partial charge in [-0.3, -0.25) is 4.79 Å². The quantitative estimate of drug-likeness (QED) is 0.377. The topological polar surface area (TPSA) is 51.2 Å². The van der Waals surface area contributed by atoms with Crippen LogP contribution in [0.4, 0.5) is 0 Å². The fourth-order valence-corrected chi connectivity index (χ4v) is 5.34. The summed E-state index contributed by atoms with van der Waals surface area (Å²) < 4.78 is 26.8. The van der Waals surface area contributed by atoms with Crippen LogP contribution in [-0.4, -0.2) is 14.2 Å². The van der Waals surface area contributed by atoms with Gasteiger partial charge in [0.25, 0.3) is 0 Å². The first-order valence-electron chi connectivity index (χ1n) is 8.73. The van der Waals surface area contributed by atoms with E-state index >= 15 is 0 Å². The van der Waals surface area contributed by atoms with Gasteiger partial charge in [0, 0.05) is 22.0 Å². The van der Waals surface area contributed by atoms with Crippen molar-refractivity contribution in [2.24, 2.45) is 0 Å². The average molecular weight is 468 g/mol. The van der Waals surface area contributed by atoms with E-state index in [1.807, 2.05) is 6.92 Å². The highest BCUT2D eigenvalue weighted by molar-refractivity contribution is 7.91. The average Bonchev–Trinajstić information content (AvgIpc) is 2.67. The summed E-state index contributed by atoms with van der Waals surface area (Å²) in [5, 5.41) is -0.0211. The Kier molecular flexibility index (Phi) is 6.69. The van der Waals surface area contributed by atoms with Gasteiger partial charge in [-0.2, -0.15) is 0 Å². The van der Waals surface area contributed by atoms with Gasteiger partial charge in [0.2, 0.25) is 0 Å². The molecule has 0 aliphatic carbocycles. The van der Waals surface area contributed by atoms with Gasteiger partial charge in [-0.1, -0.05) is 64.6 Å². The number of carbonyl (C=O) groups excluding carboxylic acids is 1. The Balaban J connectivity index is 2.04. The summed E-state index contributed by atoms with van der Waals surface area (Å²) in [6.45, 7) is 1.87. The summed E-state index contributed by atoms with van der Waals surface area (Å²) in [4.78, 5) is 13.1. The molecule has 0 fully saturated rings. The molecule has 0 saturated heterocycles. The highest BCUT2D eigenvalue weighted by Crippen LogP contribution is 2.35. The van der Waals surface area contributed by atoms with Crippen LogP contribution in [0.5, 0.6) is 0 Å². The second-order valence-corrected chi connectivity index (χ2v) is 10.1. The van der Waals surface area contributed by atoms with Crippen LogP contribution in [0.3, 0.4) is 0 Å². The Bertz CT molecular complexity index is 1140. The molecular weight excluding hydrogens is 451 g/mol. The summed E-state index contributed by atoms with van der Waals surface area (Å²) >= 11 is 18.0. The second kappa shape index (κ2) is 8.88. The Morgan fingerprint density at radius 2 is 1.45 bits per heavy atom. The summed E-state index contributed by atoms with van der Waals surface area (Å²) in [7, 11) is -3.84. The van der Waals surface area contributed by atoms with Crippen molar-refractivity contribution in [2.45, 2.75) is 23.5 Å². The van der Waals surface area contributed by atoms with Gasteiger partial charge in [0.15, 0.2) is 15.6 Å². The molecule has 0 aliphatic heterocycles. The van der Waals surface area contributed by atoms with Gasteiger partial charge in [0.1, 0.15) is 0 Å². The molecule has 0 N–H and O–H groups in total. The predicted octanol–water partition coefficient (Wildman–Crippen LogP) is 6.74. The maximum Gasteiger partial charge on any atom is 0.185 e. The molecule has 0 heterocycles. The van der Waals surface area contributed by atoms with Crippen molar-refractivity contribution in [3.63, 3.8) is 0 Å². The van der Waals surface area contributed by atoms with Crippen LogP contribution >= 0.6 is 34.8 Å². The Hall–Kier alpha value is -1.85. The van der Waals surface area contributed by atoms with Gasteiger partial charge in [-0.15, -0.1) is 0 Å². The highest BCUT2D eigenvalue weighted by atomic mass is 35.5. The first-order chi connectivity index (χ1) is 13.7. The van der Waals surface area contributed by atoms with Crippen molar-refractivity contribution in [1.82, 2.24) is 0 Å². The number of aryl methyl sites for hydroxylation is 1. The molecule has 29 heavy (non-hydrogen) atoms.